The van der Waals surface area contributed by atoms with E-state index in [4.69, 9.17) is 10.5 Å². The first-order chi connectivity index (χ1) is 10.9. The van der Waals surface area contributed by atoms with E-state index in [1.807, 2.05) is 52.0 Å². The SMILES string of the molecule is CCOc1ccccc1C(C)NC(=O)CNC(=O)[C@@H](N)C(C)C.Cl. The second-order valence-corrected chi connectivity index (χ2v) is 5.75. The van der Waals surface area contributed by atoms with E-state index in [9.17, 15) is 9.59 Å². The molecular formula is C17H28ClN3O3. The molecule has 0 fully saturated rings. The molecule has 0 aliphatic heterocycles. The van der Waals surface area contributed by atoms with Crippen LogP contribution in [0.5, 0.6) is 5.75 Å². The van der Waals surface area contributed by atoms with E-state index < -0.39 is 6.04 Å². The topological polar surface area (TPSA) is 93.5 Å². The molecule has 24 heavy (non-hydrogen) atoms. The van der Waals surface area contributed by atoms with Gasteiger partial charge in [0.25, 0.3) is 0 Å². The van der Waals surface area contributed by atoms with Gasteiger partial charge in [-0.15, -0.1) is 12.4 Å². The Bertz CT molecular complexity index is 538. The number of carbonyl (C=O) groups excluding carboxylic acids is 2. The van der Waals surface area contributed by atoms with E-state index in [-0.39, 0.29) is 42.7 Å². The van der Waals surface area contributed by atoms with Crippen LogP contribution in [-0.2, 0) is 9.59 Å². The fraction of sp³-hybridized carbons (Fsp3) is 0.529. The Hall–Kier alpha value is -1.79. The van der Waals surface area contributed by atoms with Crippen LogP contribution in [-0.4, -0.2) is 31.0 Å². The third-order valence-electron chi connectivity index (χ3n) is 3.51. The van der Waals surface area contributed by atoms with Crippen molar-refractivity contribution in [2.45, 2.75) is 39.8 Å². The minimum Gasteiger partial charge on any atom is -0.494 e. The van der Waals surface area contributed by atoms with Gasteiger partial charge in [0, 0.05) is 5.56 Å². The first-order valence-corrected chi connectivity index (χ1v) is 7.91. The second-order valence-electron chi connectivity index (χ2n) is 5.75. The molecule has 0 radical (unpaired) electrons. The largest absolute Gasteiger partial charge is 0.494 e. The monoisotopic (exact) mass is 357 g/mol. The Labute approximate surface area is 149 Å². The Kier molecular flexibility index (Phi) is 10.1. The van der Waals surface area contributed by atoms with Gasteiger partial charge in [-0.2, -0.15) is 0 Å². The zero-order chi connectivity index (χ0) is 17.4. The minimum absolute atomic E-state index is 0. The summed E-state index contributed by atoms with van der Waals surface area (Å²) in [6.07, 6.45) is 0. The maximum atomic E-state index is 12.0. The number of para-hydroxylation sites is 1. The Morgan fingerprint density at radius 3 is 2.42 bits per heavy atom. The quantitative estimate of drug-likeness (QED) is 0.661. The molecule has 0 saturated carbocycles. The third-order valence-corrected chi connectivity index (χ3v) is 3.51. The number of amides is 2. The van der Waals surface area contributed by atoms with E-state index >= 15 is 0 Å². The molecule has 0 aliphatic rings. The van der Waals surface area contributed by atoms with Crippen LogP contribution < -0.4 is 21.1 Å². The van der Waals surface area contributed by atoms with E-state index in [0.717, 1.165) is 11.3 Å². The van der Waals surface area contributed by atoms with Crippen molar-refractivity contribution in [3.05, 3.63) is 29.8 Å². The average Bonchev–Trinajstić information content (AvgIpc) is 2.52. The number of nitrogens with two attached hydrogens (primary N) is 1. The lowest BCUT2D eigenvalue weighted by molar-refractivity contribution is -0.127. The molecule has 136 valence electrons. The fourth-order valence-electron chi connectivity index (χ4n) is 2.08. The molecule has 2 amide bonds. The molecule has 6 nitrogen and oxygen atoms in total. The van der Waals surface area contributed by atoms with Crippen molar-refractivity contribution in [2.24, 2.45) is 11.7 Å². The normalized spacial score (nSPS) is 12.8. The van der Waals surface area contributed by atoms with Crippen molar-refractivity contribution in [2.75, 3.05) is 13.2 Å². The van der Waals surface area contributed by atoms with E-state index in [1.54, 1.807) is 0 Å². The van der Waals surface area contributed by atoms with E-state index in [1.165, 1.54) is 0 Å². The van der Waals surface area contributed by atoms with Crippen molar-refractivity contribution < 1.29 is 14.3 Å². The summed E-state index contributed by atoms with van der Waals surface area (Å²) in [5.41, 5.74) is 6.63. The Balaban J connectivity index is 0.00000529. The van der Waals surface area contributed by atoms with Gasteiger partial charge in [0.15, 0.2) is 0 Å². The zero-order valence-corrected chi connectivity index (χ0v) is 15.5. The Morgan fingerprint density at radius 2 is 1.83 bits per heavy atom. The van der Waals surface area contributed by atoms with Crippen LogP contribution in [0, 0.1) is 5.92 Å². The van der Waals surface area contributed by atoms with Crippen LogP contribution in [0.4, 0.5) is 0 Å². The lowest BCUT2D eigenvalue weighted by atomic mass is 10.1. The van der Waals surface area contributed by atoms with Crippen LogP contribution in [0.3, 0.4) is 0 Å². The maximum absolute atomic E-state index is 12.0. The molecule has 0 saturated heterocycles. The summed E-state index contributed by atoms with van der Waals surface area (Å²) in [4.78, 5) is 23.7. The highest BCUT2D eigenvalue weighted by atomic mass is 35.5. The molecule has 1 rings (SSSR count). The van der Waals surface area contributed by atoms with Crippen LogP contribution >= 0.6 is 12.4 Å². The molecular weight excluding hydrogens is 330 g/mol. The predicted molar refractivity (Wildman–Crippen MR) is 97.2 cm³/mol. The molecule has 0 spiro atoms. The van der Waals surface area contributed by atoms with Gasteiger partial charge >= 0.3 is 0 Å². The van der Waals surface area contributed by atoms with Crippen molar-refractivity contribution in [3.8, 4) is 5.75 Å². The highest BCUT2D eigenvalue weighted by molar-refractivity contribution is 5.87. The number of halogens is 1. The second kappa shape index (κ2) is 10.9. The van der Waals surface area contributed by atoms with Gasteiger partial charge < -0.3 is 21.1 Å². The van der Waals surface area contributed by atoms with Gasteiger partial charge in [0.2, 0.25) is 11.8 Å². The molecule has 1 unspecified atom stereocenters. The number of hydrogen-bond acceptors (Lipinski definition) is 4. The Morgan fingerprint density at radius 1 is 1.21 bits per heavy atom. The highest BCUT2D eigenvalue weighted by Gasteiger charge is 2.19. The van der Waals surface area contributed by atoms with Gasteiger partial charge in [-0.25, -0.2) is 0 Å². The summed E-state index contributed by atoms with van der Waals surface area (Å²) >= 11 is 0. The predicted octanol–water partition coefficient (Wildman–Crippen LogP) is 1.78. The lowest BCUT2D eigenvalue weighted by Crippen LogP contribution is -2.47. The van der Waals surface area contributed by atoms with Gasteiger partial charge in [-0.1, -0.05) is 32.0 Å². The van der Waals surface area contributed by atoms with Crippen LogP contribution in [0.2, 0.25) is 0 Å². The molecule has 0 bridgehead atoms. The number of ether oxygens (including phenoxy) is 1. The molecule has 7 heteroatoms. The van der Waals surface area contributed by atoms with Gasteiger partial charge in [0.05, 0.1) is 25.2 Å². The van der Waals surface area contributed by atoms with Crippen LogP contribution in [0.1, 0.15) is 39.3 Å². The molecule has 0 aromatic heterocycles. The molecule has 4 N–H and O–H groups in total. The number of hydrogen-bond donors (Lipinski definition) is 3. The summed E-state index contributed by atoms with van der Waals surface area (Å²) in [5, 5.41) is 5.40. The number of carbonyl (C=O) groups is 2. The molecule has 2 atom stereocenters. The smallest absolute Gasteiger partial charge is 0.239 e. The number of nitrogens with one attached hydrogen (secondary N) is 2. The van der Waals surface area contributed by atoms with Crippen molar-refractivity contribution in [3.63, 3.8) is 0 Å². The summed E-state index contributed by atoms with van der Waals surface area (Å²) < 4.78 is 5.56. The van der Waals surface area contributed by atoms with Gasteiger partial charge in [0.1, 0.15) is 5.75 Å². The first kappa shape index (κ1) is 22.2. The summed E-state index contributed by atoms with van der Waals surface area (Å²) in [5.74, 6) is 0.175. The average molecular weight is 358 g/mol. The molecule has 1 aromatic rings. The van der Waals surface area contributed by atoms with Crippen molar-refractivity contribution in [1.82, 2.24) is 10.6 Å². The first-order valence-electron chi connectivity index (χ1n) is 7.91. The van der Waals surface area contributed by atoms with Crippen LogP contribution in [0.25, 0.3) is 0 Å². The minimum atomic E-state index is -0.612. The van der Waals surface area contributed by atoms with Gasteiger partial charge in [-0.05, 0) is 25.8 Å². The van der Waals surface area contributed by atoms with E-state index in [0.29, 0.717) is 6.61 Å². The maximum Gasteiger partial charge on any atom is 0.239 e. The molecule has 0 aliphatic carbocycles. The third kappa shape index (κ3) is 6.76. The number of rotatable bonds is 8. The molecule has 0 heterocycles. The van der Waals surface area contributed by atoms with E-state index in [2.05, 4.69) is 10.6 Å². The molecule has 1 aromatic carbocycles. The van der Waals surface area contributed by atoms with Crippen LogP contribution in [0.15, 0.2) is 24.3 Å². The lowest BCUT2D eigenvalue weighted by Gasteiger charge is -2.19. The summed E-state index contributed by atoms with van der Waals surface area (Å²) in [7, 11) is 0. The standard InChI is InChI=1S/C17H27N3O3.ClH/c1-5-23-14-9-7-6-8-13(14)12(4)20-15(21)10-19-17(22)16(18)11(2)3;/h6-9,11-12,16H,5,10,18H2,1-4H3,(H,19,22)(H,20,21);1H/t12?,16-;/m0./s1. The van der Waals surface area contributed by atoms with Crippen molar-refractivity contribution in [1.29, 1.82) is 0 Å². The number of benzene rings is 1. The zero-order valence-electron chi connectivity index (χ0n) is 14.7. The van der Waals surface area contributed by atoms with Gasteiger partial charge in [-0.3, -0.25) is 9.59 Å². The fourth-order valence-corrected chi connectivity index (χ4v) is 2.08. The van der Waals surface area contributed by atoms with Crippen molar-refractivity contribution >= 4 is 24.2 Å². The highest BCUT2D eigenvalue weighted by Crippen LogP contribution is 2.24. The summed E-state index contributed by atoms with van der Waals surface area (Å²) in [6.45, 7) is 7.96. The summed E-state index contributed by atoms with van der Waals surface area (Å²) in [6, 6.07) is 6.72.